The third-order valence-corrected chi connectivity index (χ3v) is 4.23. The average molecular weight is 298 g/mol. The first-order chi connectivity index (χ1) is 9.63. The lowest BCUT2D eigenvalue weighted by molar-refractivity contribution is 0.564. The first kappa shape index (κ1) is 14.7. The Bertz CT molecular complexity index is 619. The molecule has 2 rings (SSSR count). The molecule has 0 atom stereocenters. The molecule has 20 heavy (non-hydrogen) atoms. The van der Waals surface area contributed by atoms with E-state index in [2.05, 4.69) is 25.2 Å². The molecule has 0 spiro atoms. The van der Waals surface area contributed by atoms with Crippen LogP contribution in [0.5, 0.6) is 0 Å². The van der Waals surface area contributed by atoms with Crippen LogP contribution in [0, 0.1) is 0 Å². The van der Waals surface area contributed by atoms with Crippen LogP contribution < -0.4 is 10.0 Å². The van der Waals surface area contributed by atoms with Crippen molar-refractivity contribution in [3.05, 3.63) is 30.5 Å². The monoisotopic (exact) mass is 298 g/mol. The van der Waals surface area contributed by atoms with Crippen molar-refractivity contribution in [1.29, 1.82) is 0 Å². The summed E-state index contributed by atoms with van der Waals surface area (Å²) in [6.07, 6.45) is 7.43. The standard InChI is InChI=1S/C11H18N6O2S/c1-12-7-10-8-14-16-11(10)20(18,19)15-3-2-5-17-6-4-13-9-17/h4,6,8-9,12,15H,2-3,5,7H2,1H3,(H,14,16). The second-order valence-corrected chi connectivity index (χ2v) is 6.01. The van der Waals surface area contributed by atoms with Crippen molar-refractivity contribution in [2.24, 2.45) is 0 Å². The Kier molecular flexibility index (Phi) is 4.88. The Labute approximate surface area is 117 Å². The number of rotatable bonds is 8. The minimum atomic E-state index is -3.54. The number of sulfonamides is 1. The number of hydrogen-bond acceptors (Lipinski definition) is 5. The van der Waals surface area contributed by atoms with Crippen LogP contribution in [0.15, 0.2) is 29.9 Å². The molecule has 0 saturated carbocycles. The zero-order chi connectivity index (χ0) is 14.4. The molecule has 0 aromatic carbocycles. The van der Waals surface area contributed by atoms with Crippen LogP contribution in [-0.2, 0) is 23.1 Å². The van der Waals surface area contributed by atoms with E-state index in [1.807, 2.05) is 10.8 Å². The second kappa shape index (κ2) is 6.64. The van der Waals surface area contributed by atoms with Gasteiger partial charge >= 0.3 is 0 Å². The molecule has 0 bridgehead atoms. The summed E-state index contributed by atoms with van der Waals surface area (Å²) in [4.78, 5) is 3.93. The van der Waals surface area contributed by atoms with E-state index in [0.29, 0.717) is 25.1 Å². The smallest absolute Gasteiger partial charge is 0.257 e. The summed E-state index contributed by atoms with van der Waals surface area (Å²) in [5.74, 6) is 0. The van der Waals surface area contributed by atoms with Crippen molar-refractivity contribution in [2.75, 3.05) is 13.6 Å². The van der Waals surface area contributed by atoms with Gasteiger partial charge in [0.05, 0.1) is 12.5 Å². The number of hydrogen-bond donors (Lipinski definition) is 3. The highest BCUT2D eigenvalue weighted by atomic mass is 32.2. The molecule has 2 aromatic rings. The van der Waals surface area contributed by atoms with Gasteiger partial charge in [-0.15, -0.1) is 0 Å². The van der Waals surface area contributed by atoms with E-state index in [9.17, 15) is 8.42 Å². The maximum Gasteiger partial charge on any atom is 0.257 e. The SMILES string of the molecule is CNCc1cn[nH]c1S(=O)(=O)NCCCn1ccnc1. The van der Waals surface area contributed by atoms with Gasteiger partial charge in [0.15, 0.2) is 5.03 Å². The minimum Gasteiger partial charge on any atom is -0.337 e. The molecule has 9 heteroatoms. The summed E-state index contributed by atoms with van der Waals surface area (Å²) >= 11 is 0. The molecule has 3 N–H and O–H groups in total. The fourth-order valence-electron chi connectivity index (χ4n) is 1.81. The first-order valence-corrected chi connectivity index (χ1v) is 7.74. The van der Waals surface area contributed by atoms with Crippen molar-refractivity contribution in [1.82, 2.24) is 29.8 Å². The van der Waals surface area contributed by atoms with E-state index in [1.165, 1.54) is 6.20 Å². The number of nitrogens with zero attached hydrogens (tertiary/aromatic N) is 3. The molecule has 0 unspecified atom stereocenters. The van der Waals surface area contributed by atoms with Gasteiger partial charge in [-0.25, -0.2) is 18.1 Å². The zero-order valence-electron chi connectivity index (χ0n) is 11.2. The summed E-state index contributed by atoms with van der Waals surface area (Å²) < 4.78 is 28.7. The molecular formula is C11H18N6O2S. The van der Waals surface area contributed by atoms with E-state index in [1.54, 1.807) is 19.6 Å². The maximum atomic E-state index is 12.1. The quantitative estimate of drug-likeness (QED) is 0.580. The fraction of sp³-hybridized carbons (Fsp3) is 0.455. The molecule has 0 saturated heterocycles. The maximum absolute atomic E-state index is 12.1. The molecule has 0 aliphatic heterocycles. The molecule has 0 radical (unpaired) electrons. The number of aryl methyl sites for hydroxylation is 1. The van der Waals surface area contributed by atoms with Crippen LogP contribution in [0.1, 0.15) is 12.0 Å². The Morgan fingerprint density at radius 2 is 2.30 bits per heavy atom. The Hall–Kier alpha value is -1.71. The second-order valence-electron chi connectivity index (χ2n) is 4.31. The molecular weight excluding hydrogens is 280 g/mol. The highest BCUT2D eigenvalue weighted by Gasteiger charge is 2.19. The van der Waals surface area contributed by atoms with Crippen LogP contribution in [-0.4, -0.2) is 41.8 Å². The van der Waals surface area contributed by atoms with E-state index in [-0.39, 0.29) is 5.03 Å². The topological polar surface area (TPSA) is 105 Å². The number of nitrogens with one attached hydrogen (secondary N) is 3. The van der Waals surface area contributed by atoms with Gasteiger partial charge in [0.1, 0.15) is 0 Å². The van der Waals surface area contributed by atoms with Crippen molar-refractivity contribution < 1.29 is 8.42 Å². The van der Waals surface area contributed by atoms with E-state index in [4.69, 9.17) is 0 Å². The molecule has 0 aliphatic carbocycles. The molecule has 2 aromatic heterocycles. The Balaban J connectivity index is 1.88. The lowest BCUT2D eigenvalue weighted by Crippen LogP contribution is -2.27. The average Bonchev–Trinajstić information content (AvgIpc) is 3.06. The van der Waals surface area contributed by atoms with Crippen LogP contribution in [0.4, 0.5) is 0 Å². The van der Waals surface area contributed by atoms with Crippen LogP contribution in [0.2, 0.25) is 0 Å². The zero-order valence-corrected chi connectivity index (χ0v) is 12.0. The Morgan fingerprint density at radius 1 is 1.45 bits per heavy atom. The molecule has 110 valence electrons. The number of aromatic nitrogens is 4. The van der Waals surface area contributed by atoms with E-state index in [0.717, 1.165) is 6.54 Å². The molecule has 0 fully saturated rings. The highest BCUT2D eigenvalue weighted by molar-refractivity contribution is 7.89. The molecule has 2 heterocycles. The number of H-pyrrole nitrogens is 1. The predicted octanol–water partition coefficient (Wildman–Crippen LogP) is -0.306. The summed E-state index contributed by atoms with van der Waals surface area (Å²) in [5.41, 5.74) is 0.620. The van der Waals surface area contributed by atoms with Crippen molar-refractivity contribution >= 4 is 10.0 Å². The molecule has 0 amide bonds. The normalized spacial score (nSPS) is 11.8. The summed E-state index contributed by atoms with van der Waals surface area (Å²) in [5, 5.41) is 9.33. The Morgan fingerprint density at radius 3 is 3.00 bits per heavy atom. The van der Waals surface area contributed by atoms with Gasteiger partial charge in [-0.1, -0.05) is 0 Å². The van der Waals surface area contributed by atoms with Gasteiger partial charge < -0.3 is 9.88 Å². The minimum absolute atomic E-state index is 0.120. The van der Waals surface area contributed by atoms with Crippen molar-refractivity contribution in [3.63, 3.8) is 0 Å². The predicted molar refractivity (Wildman–Crippen MR) is 73.4 cm³/mol. The van der Waals surface area contributed by atoms with Crippen LogP contribution >= 0.6 is 0 Å². The van der Waals surface area contributed by atoms with Crippen LogP contribution in [0.25, 0.3) is 0 Å². The summed E-state index contributed by atoms with van der Waals surface area (Å²) in [6, 6.07) is 0. The van der Waals surface area contributed by atoms with E-state index < -0.39 is 10.0 Å². The lowest BCUT2D eigenvalue weighted by Gasteiger charge is -2.07. The van der Waals surface area contributed by atoms with Gasteiger partial charge in [0, 0.05) is 37.6 Å². The molecule has 0 aliphatic rings. The van der Waals surface area contributed by atoms with Gasteiger partial charge in [-0.3, -0.25) is 5.10 Å². The largest absolute Gasteiger partial charge is 0.337 e. The third-order valence-electron chi connectivity index (χ3n) is 2.76. The summed E-state index contributed by atoms with van der Waals surface area (Å²) in [7, 11) is -1.79. The van der Waals surface area contributed by atoms with Crippen LogP contribution in [0.3, 0.4) is 0 Å². The highest BCUT2D eigenvalue weighted by Crippen LogP contribution is 2.11. The number of aromatic amines is 1. The summed E-state index contributed by atoms with van der Waals surface area (Å²) in [6.45, 7) is 1.52. The van der Waals surface area contributed by atoms with Crippen molar-refractivity contribution in [3.8, 4) is 0 Å². The fourth-order valence-corrected chi connectivity index (χ4v) is 3.01. The molecule has 8 nitrogen and oxygen atoms in total. The third kappa shape index (κ3) is 3.65. The van der Waals surface area contributed by atoms with Gasteiger partial charge in [-0.05, 0) is 13.5 Å². The lowest BCUT2D eigenvalue weighted by atomic mass is 10.4. The van der Waals surface area contributed by atoms with Gasteiger partial charge in [0.25, 0.3) is 10.0 Å². The number of imidazole rings is 1. The van der Waals surface area contributed by atoms with Crippen molar-refractivity contribution in [2.45, 2.75) is 24.5 Å². The van der Waals surface area contributed by atoms with Gasteiger partial charge in [0.2, 0.25) is 0 Å². The van der Waals surface area contributed by atoms with E-state index >= 15 is 0 Å². The first-order valence-electron chi connectivity index (χ1n) is 6.26. The van der Waals surface area contributed by atoms with Gasteiger partial charge in [-0.2, -0.15) is 5.10 Å².